The van der Waals surface area contributed by atoms with E-state index in [1.54, 1.807) is 12.1 Å². The standard InChI is InChI=1S/C23H20N2O3/c1-13-20-21(14-7-3-2-4-8-14)22-17(24-23(20)28-25-13)11-15(12-19(22)27)16-9-5-6-10-18(16)26/h2-10,15,21,24,26H,11-12H2,1H3/t15-,21-/m0/s1. The van der Waals surface area contributed by atoms with Crippen molar-refractivity contribution in [2.75, 3.05) is 5.32 Å². The predicted octanol–water partition coefficient (Wildman–Crippen LogP) is 4.65. The summed E-state index contributed by atoms with van der Waals surface area (Å²) in [6.45, 7) is 1.91. The summed E-state index contributed by atoms with van der Waals surface area (Å²) in [6, 6.07) is 17.3. The average Bonchev–Trinajstić information content (AvgIpc) is 3.08. The zero-order chi connectivity index (χ0) is 19.3. The highest BCUT2D eigenvalue weighted by Gasteiger charge is 2.41. The molecule has 1 aliphatic carbocycles. The van der Waals surface area contributed by atoms with Crippen LogP contribution in [-0.4, -0.2) is 16.0 Å². The molecule has 1 aliphatic heterocycles. The second-order valence-corrected chi connectivity index (χ2v) is 7.46. The summed E-state index contributed by atoms with van der Waals surface area (Å²) in [7, 11) is 0. The number of Topliss-reactive ketones (excluding diaryl/α,β-unsaturated/α-hetero) is 1. The fraction of sp³-hybridized carbons (Fsp3) is 0.217. The Morgan fingerprint density at radius 1 is 1.07 bits per heavy atom. The molecule has 0 radical (unpaired) electrons. The van der Waals surface area contributed by atoms with E-state index in [-0.39, 0.29) is 23.4 Å². The van der Waals surface area contributed by atoms with Gasteiger partial charge in [0.2, 0.25) is 5.88 Å². The molecule has 0 amide bonds. The van der Waals surface area contributed by atoms with Crippen molar-refractivity contribution >= 4 is 11.7 Å². The van der Waals surface area contributed by atoms with Gasteiger partial charge in [-0.05, 0) is 30.5 Å². The predicted molar refractivity (Wildman–Crippen MR) is 105 cm³/mol. The van der Waals surface area contributed by atoms with Crippen molar-refractivity contribution < 1.29 is 14.4 Å². The lowest BCUT2D eigenvalue weighted by atomic mass is 9.72. The molecule has 2 N–H and O–H groups in total. The Kier molecular flexibility index (Phi) is 3.83. The molecule has 0 bridgehead atoms. The number of nitrogens with one attached hydrogen (secondary N) is 1. The Balaban J connectivity index is 1.63. The van der Waals surface area contributed by atoms with Gasteiger partial charge < -0.3 is 14.9 Å². The Morgan fingerprint density at radius 2 is 1.82 bits per heavy atom. The summed E-state index contributed by atoms with van der Waals surface area (Å²) in [6.07, 6.45) is 1.02. The van der Waals surface area contributed by atoms with Gasteiger partial charge in [-0.1, -0.05) is 53.7 Å². The summed E-state index contributed by atoms with van der Waals surface area (Å²) >= 11 is 0. The molecule has 5 nitrogen and oxygen atoms in total. The van der Waals surface area contributed by atoms with Crippen molar-refractivity contribution in [3.63, 3.8) is 0 Å². The van der Waals surface area contributed by atoms with Crippen LogP contribution in [0.5, 0.6) is 5.75 Å². The number of fused-ring (bicyclic) bond motifs is 1. The van der Waals surface area contributed by atoms with Crippen molar-refractivity contribution in [1.29, 1.82) is 0 Å². The van der Waals surface area contributed by atoms with Crippen LogP contribution < -0.4 is 5.32 Å². The molecule has 0 saturated carbocycles. The molecule has 2 atom stereocenters. The van der Waals surface area contributed by atoms with Gasteiger partial charge in [-0.2, -0.15) is 0 Å². The molecule has 5 heteroatoms. The number of phenolic OH excluding ortho intramolecular Hbond substituents is 1. The number of aromatic nitrogens is 1. The molecule has 140 valence electrons. The molecule has 2 aliphatic rings. The van der Waals surface area contributed by atoms with Crippen molar-refractivity contribution in [2.45, 2.75) is 31.6 Å². The smallest absolute Gasteiger partial charge is 0.233 e. The number of hydrogen-bond donors (Lipinski definition) is 2. The minimum Gasteiger partial charge on any atom is -0.508 e. The molecule has 0 saturated heterocycles. The normalized spacial score (nSPS) is 21.1. The Hall–Kier alpha value is -3.34. The van der Waals surface area contributed by atoms with Crippen LogP contribution in [0.1, 0.15) is 47.1 Å². The van der Waals surface area contributed by atoms with Gasteiger partial charge in [0, 0.05) is 29.5 Å². The highest BCUT2D eigenvalue weighted by atomic mass is 16.5. The van der Waals surface area contributed by atoms with Gasteiger partial charge in [-0.25, -0.2) is 0 Å². The summed E-state index contributed by atoms with van der Waals surface area (Å²) in [4.78, 5) is 13.3. The van der Waals surface area contributed by atoms with E-state index in [0.29, 0.717) is 18.7 Å². The molecule has 5 rings (SSSR count). The molecule has 1 aromatic heterocycles. The lowest BCUT2D eigenvalue weighted by Crippen LogP contribution is -2.29. The van der Waals surface area contributed by atoms with Gasteiger partial charge >= 0.3 is 0 Å². The van der Waals surface area contributed by atoms with Crippen LogP contribution in [0.3, 0.4) is 0 Å². The van der Waals surface area contributed by atoms with E-state index < -0.39 is 0 Å². The number of aromatic hydroxyl groups is 1. The lowest BCUT2D eigenvalue weighted by Gasteiger charge is -2.34. The quantitative estimate of drug-likeness (QED) is 0.685. The van der Waals surface area contributed by atoms with E-state index in [1.807, 2.05) is 49.4 Å². The third kappa shape index (κ3) is 2.54. The maximum atomic E-state index is 13.3. The molecular formula is C23H20N2O3. The van der Waals surface area contributed by atoms with E-state index in [2.05, 4.69) is 10.5 Å². The van der Waals surface area contributed by atoms with E-state index in [1.165, 1.54) is 0 Å². The van der Waals surface area contributed by atoms with Gasteiger partial charge in [0.15, 0.2) is 5.78 Å². The van der Waals surface area contributed by atoms with Crippen LogP contribution in [0.2, 0.25) is 0 Å². The number of benzene rings is 2. The first-order chi connectivity index (χ1) is 13.6. The van der Waals surface area contributed by atoms with E-state index >= 15 is 0 Å². The fourth-order valence-corrected chi connectivity index (χ4v) is 4.50. The zero-order valence-corrected chi connectivity index (χ0v) is 15.5. The topological polar surface area (TPSA) is 75.4 Å². The van der Waals surface area contributed by atoms with Crippen LogP contribution in [0.4, 0.5) is 5.88 Å². The van der Waals surface area contributed by atoms with Crippen LogP contribution in [0.25, 0.3) is 0 Å². The van der Waals surface area contributed by atoms with Crippen molar-refractivity contribution in [1.82, 2.24) is 5.16 Å². The number of anilines is 1. The van der Waals surface area contributed by atoms with Crippen LogP contribution in [0.15, 0.2) is 70.4 Å². The lowest BCUT2D eigenvalue weighted by molar-refractivity contribution is -0.116. The van der Waals surface area contributed by atoms with Crippen LogP contribution in [0, 0.1) is 6.92 Å². The highest BCUT2D eigenvalue weighted by molar-refractivity contribution is 6.01. The van der Waals surface area contributed by atoms with Gasteiger partial charge in [-0.3, -0.25) is 4.79 Å². The second-order valence-electron chi connectivity index (χ2n) is 7.46. The molecule has 0 spiro atoms. The van der Waals surface area contributed by atoms with Gasteiger partial charge in [0.05, 0.1) is 11.3 Å². The van der Waals surface area contributed by atoms with Crippen molar-refractivity contribution in [3.05, 3.63) is 88.3 Å². The number of nitrogens with zero attached hydrogens (tertiary/aromatic N) is 1. The number of aryl methyl sites for hydroxylation is 1. The Labute approximate surface area is 162 Å². The second kappa shape index (κ2) is 6.37. The number of carbonyl (C=O) groups is 1. The largest absolute Gasteiger partial charge is 0.508 e. The highest BCUT2D eigenvalue weighted by Crippen LogP contribution is 2.49. The third-order valence-corrected chi connectivity index (χ3v) is 5.77. The van der Waals surface area contributed by atoms with Crippen LogP contribution >= 0.6 is 0 Å². The molecule has 0 fully saturated rings. The number of ketones is 1. The molecule has 2 heterocycles. The zero-order valence-electron chi connectivity index (χ0n) is 15.5. The average molecular weight is 372 g/mol. The van der Waals surface area contributed by atoms with Crippen LogP contribution in [-0.2, 0) is 4.79 Å². The molecule has 0 unspecified atom stereocenters. The number of carbonyl (C=O) groups excluding carboxylic acids is 1. The van der Waals surface area contributed by atoms with Gasteiger partial charge in [0.1, 0.15) is 5.75 Å². The number of rotatable bonds is 2. The summed E-state index contributed by atoms with van der Waals surface area (Å²) in [5, 5.41) is 17.7. The first-order valence-electron chi connectivity index (χ1n) is 9.45. The molecule has 28 heavy (non-hydrogen) atoms. The Morgan fingerprint density at radius 3 is 2.61 bits per heavy atom. The number of para-hydroxylation sites is 1. The molecule has 3 aromatic rings. The van der Waals surface area contributed by atoms with Crippen molar-refractivity contribution in [3.8, 4) is 5.75 Å². The molecule has 2 aromatic carbocycles. The fourth-order valence-electron chi connectivity index (χ4n) is 4.50. The first kappa shape index (κ1) is 16.8. The first-order valence-corrected chi connectivity index (χ1v) is 9.45. The van der Waals surface area contributed by atoms with Crippen molar-refractivity contribution in [2.24, 2.45) is 0 Å². The SMILES string of the molecule is Cc1noc2c1[C@H](c1ccccc1)C1=C(C[C@H](c3ccccc3O)CC1=O)N2. The minimum absolute atomic E-state index is 0.0676. The summed E-state index contributed by atoms with van der Waals surface area (Å²) < 4.78 is 5.53. The minimum atomic E-state index is -0.184. The van der Waals surface area contributed by atoms with Gasteiger partial charge in [0.25, 0.3) is 0 Å². The Bertz CT molecular complexity index is 1100. The maximum absolute atomic E-state index is 13.3. The van der Waals surface area contributed by atoms with E-state index in [9.17, 15) is 9.90 Å². The summed E-state index contributed by atoms with van der Waals surface area (Å²) in [5.41, 5.74) is 5.23. The third-order valence-electron chi connectivity index (χ3n) is 5.77. The molecular weight excluding hydrogens is 352 g/mol. The van der Waals surface area contributed by atoms with Gasteiger partial charge in [-0.15, -0.1) is 0 Å². The number of hydrogen-bond acceptors (Lipinski definition) is 5. The number of phenols is 1. The summed E-state index contributed by atoms with van der Waals surface area (Å²) in [5.74, 6) is 0.687. The number of allylic oxidation sites excluding steroid dienone is 2. The van der Waals surface area contributed by atoms with E-state index in [4.69, 9.17) is 4.52 Å². The maximum Gasteiger partial charge on any atom is 0.233 e. The monoisotopic (exact) mass is 372 g/mol. The van der Waals surface area contributed by atoms with E-state index in [0.717, 1.165) is 33.7 Å².